The highest BCUT2D eigenvalue weighted by Gasteiger charge is 2.53. The number of hydrogen-bond donors (Lipinski definition) is 1. The molecule has 0 radical (unpaired) electrons. The number of nitrogens with one attached hydrogen (secondary N) is 1. The Bertz CT molecular complexity index is 1190. The number of carbonyl (C=O) groups is 2. The van der Waals surface area contributed by atoms with Gasteiger partial charge in [0.2, 0.25) is 10.0 Å². The van der Waals surface area contributed by atoms with Crippen LogP contribution in [0.25, 0.3) is 0 Å². The number of benzene rings is 1. The zero-order valence-electron chi connectivity index (χ0n) is 22.3. The second-order valence-electron chi connectivity index (χ2n) is 14.1. The van der Waals surface area contributed by atoms with Gasteiger partial charge in [-0.25, -0.2) is 13.2 Å². The van der Waals surface area contributed by atoms with E-state index < -0.39 is 16.0 Å². The largest absolute Gasteiger partial charge is 0.452 e. The quantitative estimate of drug-likeness (QED) is 0.548. The predicted molar refractivity (Wildman–Crippen MR) is 139 cm³/mol. The number of esters is 1. The molecule has 1 heterocycles. The van der Waals surface area contributed by atoms with Gasteiger partial charge in [0, 0.05) is 18.1 Å². The fraction of sp³-hybridized carbons (Fsp3) is 0.724. The SMILES string of the molecule is CC1(C)CC2CC(C)(CN2S(=O)(=O)c2cccc(C(=O)OCC(=O)NC34CC5CC(CC(C5)C3)C4)c2)C1. The minimum absolute atomic E-state index is 0.0253. The van der Waals surface area contributed by atoms with Crippen molar-refractivity contribution in [2.45, 2.75) is 95.0 Å². The summed E-state index contributed by atoms with van der Waals surface area (Å²) >= 11 is 0. The lowest BCUT2D eigenvalue weighted by molar-refractivity contribution is -0.130. The summed E-state index contributed by atoms with van der Waals surface area (Å²) in [5.41, 5.74) is 0.0905. The van der Waals surface area contributed by atoms with Crippen LogP contribution in [0.2, 0.25) is 0 Å². The lowest BCUT2D eigenvalue weighted by atomic mass is 9.53. The molecule has 6 bridgehead atoms. The number of amides is 1. The summed E-state index contributed by atoms with van der Waals surface area (Å²) in [5, 5.41) is 3.22. The predicted octanol–water partition coefficient (Wildman–Crippen LogP) is 4.52. The Morgan fingerprint density at radius 2 is 1.65 bits per heavy atom. The van der Waals surface area contributed by atoms with Crippen LogP contribution in [0.3, 0.4) is 0 Å². The van der Waals surface area contributed by atoms with Crippen LogP contribution in [0.1, 0.15) is 88.9 Å². The maximum Gasteiger partial charge on any atom is 0.338 e. The summed E-state index contributed by atoms with van der Waals surface area (Å²) in [6, 6.07) is 6.03. The van der Waals surface area contributed by atoms with E-state index in [0.29, 0.717) is 24.3 Å². The zero-order valence-corrected chi connectivity index (χ0v) is 23.1. The van der Waals surface area contributed by atoms with Crippen molar-refractivity contribution in [2.24, 2.45) is 28.6 Å². The van der Waals surface area contributed by atoms with E-state index in [9.17, 15) is 18.0 Å². The first kappa shape index (κ1) is 25.4. The van der Waals surface area contributed by atoms with Crippen molar-refractivity contribution in [3.63, 3.8) is 0 Å². The third-order valence-electron chi connectivity index (χ3n) is 9.82. The van der Waals surface area contributed by atoms with Gasteiger partial charge in [-0.2, -0.15) is 4.31 Å². The summed E-state index contributed by atoms with van der Waals surface area (Å²) in [7, 11) is -3.75. The van der Waals surface area contributed by atoms with Gasteiger partial charge >= 0.3 is 5.97 Å². The highest BCUT2D eigenvalue weighted by molar-refractivity contribution is 7.89. The molecule has 5 saturated carbocycles. The highest BCUT2D eigenvalue weighted by Crippen LogP contribution is 2.56. The molecule has 8 heteroatoms. The van der Waals surface area contributed by atoms with Gasteiger partial charge in [-0.1, -0.05) is 26.8 Å². The van der Waals surface area contributed by atoms with Gasteiger partial charge in [0.1, 0.15) is 0 Å². The number of sulfonamides is 1. The van der Waals surface area contributed by atoms with Gasteiger partial charge in [-0.15, -0.1) is 0 Å². The Morgan fingerprint density at radius 1 is 1.00 bits per heavy atom. The van der Waals surface area contributed by atoms with E-state index in [2.05, 4.69) is 26.1 Å². The van der Waals surface area contributed by atoms with Crippen molar-refractivity contribution in [2.75, 3.05) is 13.2 Å². The number of rotatable bonds is 6. The summed E-state index contributed by atoms with van der Waals surface area (Å²) in [4.78, 5) is 25.7. The Hall–Kier alpha value is -1.93. The number of fused-ring (bicyclic) bond motifs is 2. The summed E-state index contributed by atoms with van der Waals surface area (Å²) < 4.78 is 34.3. The summed E-state index contributed by atoms with van der Waals surface area (Å²) in [5.74, 6) is 1.19. The van der Waals surface area contributed by atoms with Crippen molar-refractivity contribution in [3.8, 4) is 0 Å². The van der Waals surface area contributed by atoms with Crippen molar-refractivity contribution in [3.05, 3.63) is 29.8 Å². The van der Waals surface area contributed by atoms with E-state index in [4.69, 9.17) is 4.74 Å². The first-order valence-corrected chi connectivity index (χ1v) is 15.4. The normalized spacial score (nSPS) is 37.9. The molecule has 1 aliphatic heterocycles. The minimum atomic E-state index is -3.75. The molecule has 7 nitrogen and oxygen atoms in total. The van der Waals surface area contributed by atoms with Gasteiger partial charge in [0.15, 0.2) is 6.61 Å². The lowest BCUT2D eigenvalue weighted by Gasteiger charge is -2.56. The van der Waals surface area contributed by atoms with Gasteiger partial charge < -0.3 is 10.1 Å². The van der Waals surface area contributed by atoms with Crippen molar-refractivity contribution in [1.29, 1.82) is 0 Å². The molecule has 0 aromatic heterocycles. The zero-order chi connectivity index (χ0) is 26.2. The third kappa shape index (κ3) is 4.73. The standard InChI is InChI=1S/C29H40N2O5S/c1-27(2)14-23-15-28(3,17-27)18-31(23)37(34,35)24-6-4-5-22(10-24)26(33)36-16-25(32)30-29-11-19-7-20(12-29)9-21(8-19)13-29/h4-6,10,19-21,23H,7-9,11-18H2,1-3H3,(H,30,32). The van der Waals surface area contributed by atoms with Crippen LogP contribution in [-0.2, 0) is 19.6 Å². The molecule has 6 aliphatic rings. The number of carbonyl (C=O) groups excluding carboxylic acids is 2. The molecule has 37 heavy (non-hydrogen) atoms. The topological polar surface area (TPSA) is 92.8 Å². The van der Waals surface area contributed by atoms with Crippen LogP contribution in [0, 0.1) is 28.6 Å². The van der Waals surface area contributed by atoms with Crippen LogP contribution < -0.4 is 5.32 Å². The van der Waals surface area contributed by atoms with E-state index in [1.807, 2.05) is 0 Å². The number of ether oxygens (including phenoxy) is 1. The molecule has 1 N–H and O–H groups in total. The number of hydrogen-bond acceptors (Lipinski definition) is 5. The van der Waals surface area contributed by atoms with Crippen molar-refractivity contribution in [1.82, 2.24) is 9.62 Å². The van der Waals surface area contributed by atoms with E-state index in [1.165, 1.54) is 25.3 Å². The molecule has 1 aromatic rings. The van der Waals surface area contributed by atoms with Crippen LogP contribution in [0.5, 0.6) is 0 Å². The summed E-state index contributed by atoms with van der Waals surface area (Å²) in [6.45, 7) is 6.76. The average Bonchev–Trinajstić information content (AvgIpc) is 3.05. The molecule has 202 valence electrons. The van der Waals surface area contributed by atoms with Gasteiger partial charge in [-0.05, 0) is 105 Å². The van der Waals surface area contributed by atoms with Crippen molar-refractivity contribution < 1.29 is 22.7 Å². The molecule has 1 saturated heterocycles. The van der Waals surface area contributed by atoms with Crippen molar-refractivity contribution >= 4 is 21.9 Å². The average molecular weight is 529 g/mol. The van der Waals surface area contributed by atoms with Crippen LogP contribution in [0.4, 0.5) is 0 Å². The van der Waals surface area contributed by atoms with Crippen LogP contribution in [-0.4, -0.2) is 49.3 Å². The molecule has 2 unspecified atom stereocenters. The molecule has 1 aromatic carbocycles. The Labute approximate surface area is 220 Å². The summed E-state index contributed by atoms with van der Waals surface area (Å²) in [6.07, 6.45) is 9.68. The first-order chi connectivity index (χ1) is 17.3. The molecule has 1 amide bonds. The van der Waals surface area contributed by atoms with Crippen LogP contribution in [0.15, 0.2) is 29.2 Å². The maximum absolute atomic E-state index is 13.6. The number of nitrogens with zero attached hydrogens (tertiary/aromatic N) is 1. The van der Waals surface area contributed by atoms with Gasteiger partial charge in [0.05, 0.1) is 10.5 Å². The maximum atomic E-state index is 13.6. The molecule has 0 spiro atoms. The fourth-order valence-corrected chi connectivity index (χ4v) is 11.2. The molecule has 7 rings (SSSR count). The van der Waals surface area contributed by atoms with E-state index >= 15 is 0 Å². The van der Waals surface area contributed by atoms with Crippen LogP contribution >= 0.6 is 0 Å². The Morgan fingerprint density at radius 3 is 2.30 bits per heavy atom. The van der Waals surface area contributed by atoms with E-state index in [1.54, 1.807) is 22.5 Å². The third-order valence-corrected chi connectivity index (χ3v) is 11.7. The fourth-order valence-electron chi connectivity index (χ4n) is 9.42. The molecule has 5 aliphatic carbocycles. The van der Waals surface area contributed by atoms with Gasteiger partial charge in [-0.3, -0.25) is 4.79 Å². The second-order valence-corrected chi connectivity index (χ2v) is 16.0. The Balaban J connectivity index is 1.10. The first-order valence-electron chi connectivity index (χ1n) is 13.9. The van der Waals surface area contributed by atoms with Gasteiger partial charge in [0.25, 0.3) is 5.91 Å². The van der Waals surface area contributed by atoms with E-state index in [0.717, 1.165) is 38.5 Å². The molecular formula is C29H40N2O5S. The minimum Gasteiger partial charge on any atom is -0.452 e. The molecule has 6 fully saturated rings. The Kier molecular flexibility index (Phi) is 5.85. The second kappa shape index (κ2) is 8.54. The monoisotopic (exact) mass is 528 g/mol. The smallest absolute Gasteiger partial charge is 0.338 e. The molecule has 2 atom stereocenters. The lowest BCUT2D eigenvalue weighted by Crippen LogP contribution is -2.60. The molecular weight excluding hydrogens is 488 g/mol. The highest BCUT2D eigenvalue weighted by atomic mass is 32.2. The van der Waals surface area contributed by atoms with E-state index in [-0.39, 0.29) is 45.4 Å².